The SMILES string of the molecule is Cc1cc(C)cc(NC(=O)[C@@H]2CCCN(c3ncnc4oc(C)c(C)c34)C2)c1. The van der Waals surface area contributed by atoms with Crippen LogP contribution in [0.3, 0.4) is 0 Å². The van der Waals surface area contributed by atoms with E-state index in [4.69, 9.17) is 4.42 Å². The van der Waals surface area contributed by atoms with E-state index in [1.165, 1.54) is 0 Å². The van der Waals surface area contributed by atoms with Crippen LogP contribution in [0.1, 0.15) is 35.3 Å². The Morgan fingerprint density at radius 3 is 2.64 bits per heavy atom. The molecule has 0 spiro atoms. The highest BCUT2D eigenvalue weighted by Gasteiger charge is 2.28. The lowest BCUT2D eigenvalue weighted by molar-refractivity contribution is -0.120. The van der Waals surface area contributed by atoms with Crippen LogP contribution < -0.4 is 10.2 Å². The quantitative estimate of drug-likeness (QED) is 0.735. The van der Waals surface area contributed by atoms with Crippen LogP contribution in [0, 0.1) is 33.6 Å². The summed E-state index contributed by atoms with van der Waals surface area (Å²) in [5.41, 5.74) is 4.84. The third-order valence-corrected chi connectivity index (χ3v) is 5.53. The van der Waals surface area contributed by atoms with Gasteiger partial charge in [0.1, 0.15) is 17.9 Å². The molecule has 28 heavy (non-hydrogen) atoms. The smallest absolute Gasteiger partial charge is 0.231 e. The number of aromatic nitrogens is 2. The lowest BCUT2D eigenvalue weighted by atomic mass is 9.96. The molecule has 0 aliphatic carbocycles. The fourth-order valence-corrected chi connectivity index (χ4v) is 4.08. The number of aryl methyl sites for hydroxylation is 4. The molecule has 0 unspecified atom stereocenters. The Kier molecular flexibility index (Phi) is 4.79. The maximum absolute atomic E-state index is 12.9. The maximum Gasteiger partial charge on any atom is 0.231 e. The van der Waals surface area contributed by atoms with Crippen molar-refractivity contribution in [1.29, 1.82) is 0 Å². The molecule has 1 aromatic carbocycles. The van der Waals surface area contributed by atoms with Crippen molar-refractivity contribution >= 4 is 28.5 Å². The van der Waals surface area contributed by atoms with Gasteiger partial charge in [-0.1, -0.05) is 6.07 Å². The van der Waals surface area contributed by atoms with E-state index >= 15 is 0 Å². The fourth-order valence-electron chi connectivity index (χ4n) is 4.08. The first-order valence-corrected chi connectivity index (χ1v) is 9.77. The van der Waals surface area contributed by atoms with Crippen LogP contribution in [0.5, 0.6) is 0 Å². The number of carbonyl (C=O) groups is 1. The van der Waals surface area contributed by atoms with Crippen molar-refractivity contribution in [3.63, 3.8) is 0 Å². The Hall–Kier alpha value is -2.89. The Labute approximate surface area is 165 Å². The van der Waals surface area contributed by atoms with Gasteiger partial charge < -0.3 is 14.6 Å². The number of rotatable bonds is 3. The van der Waals surface area contributed by atoms with Crippen molar-refractivity contribution in [2.45, 2.75) is 40.5 Å². The Morgan fingerprint density at radius 1 is 1.14 bits per heavy atom. The third-order valence-electron chi connectivity index (χ3n) is 5.53. The van der Waals surface area contributed by atoms with E-state index in [1.807, 2.05) is 39.8 Å². The van der Waals surface area contributed by atoms with Crippen molar-refractivity contribution in [3.8, 4) is 0 Å². The van der Waals surface area contributed by atoms with Gasteiger partial charge in [-0.3, -0.25) is 4.79 Å². The molecular formula is C22H26N4O2. The number of nitrogens with zero attached hydrogens (tertiary/aromatic N) is 3. The molecule has 0 radical (unpaired) electrons. The van der Waals surface area contributed by atoms with Gasteiger partial charge in [0, 0.05) is 24.3 Å². The predicted octanol–water partition coefficient (Wildman–Crippen LogP) is 4.31. The number of furan rings is 1. The van der Waals surface area contributed by atoms with E-state index < -0.39 is 0 Å². The van der Waals surface area contributed by atoms with Gasteiger partial charge in [0.15, 0.2) is 0 Å². The van der Waals surface area contributed by atoms with Crippen molar-refractivity contribution in [2.75, 3.05) is 23.3 Å². The first-order valence-electron chi connectivity index (χ1n) is 9.77. The highest BCUT2D eigenvalue weighted by atomic mass is 16.3. The molecule has 1 fully saturated rings. The van der Waals surface area contributed by atoms with Crippen LogP contribution in [0.2, 0.25) is 0 Å². The molecule has 3 aromatic rings. The van der Waals surface area contributed by atoms with Crippen LogP contribution in [-0.2, 0) is 4.79 Å². The molecule has 0 saturated carbocycles. The number of hydrogen-bond donors (Lipinski definition) is 1. The molecule has 1 amide bonds. The first kappa shape index (κ1) is 18.5. The normalized spacial score (nSPS) is 17.1. The molecular weight excluding hydrogens is 352 g/mol. The molecule has 0 bridgehead atoms. The summed E-state index contributed by atoms with van der Waals surface area (Å²) in [5, 5.41) is 4.06. The molecule has 146 valence electrons. The van der Waals surface area contributed by atoms with E-state index in [1.54, 1.807) is 6.33 Å². The minimum absolute atomic E-state index is 0.0695. The zero-order chi connectivity index (χ0) is 19.8. The van der Waals surface area contributed by atoms with E-state index in [0.717, 1.165) is 58.7 Å². The second-order valence-electron chi connectivity index (χ2n) is 7.81. The van der Waals surface area contributed by atoms with Gasteiger partial charge in [-0.2, -0.15) is 0 Å². The molecule has 1 saturated heterocycles. The lowest BCUT2D eigenvalue weighted by Crippen LogP contribution is -2.41. The van der Waals surface area contributed by atoms with Gasteiger partial charge in [-0.05, 0) is 63.8 Å². The van der Waals surface area contributed by atoms with Crippen molar-refractivity contribution in [3.05, 3.63) is 47.0 Å². The summed E-state index contributed by atoms with van der Waals surface area (Å²) in [6.45, 7) is 9.58. The Balaban J connectivity index is 1.56. The molecule has 1 N–H and O–H groups in total. The number of hydrogen-bond acceptors (Lipinski definition) is 5. The molecule has 1 atom stereocenters. The van der Waals surface area contributed by atoms with Gasteiger partial charge in [0.2, 0.25) is 11.6 Å². The second kappa shape index (κ2) is 7.26. The number of anilines is 2. The molecule has 6 nitrogen and oxygen atoms in total. The van der Waals surface area contributed by atoms with Gasteiger partial charge >= 0.3 is 0 Å². The summed E-state index contributed by atoms with van der Waals surface area (Å²) in [4.78, 5) is 23.9. The largest absolute Gasteiger partial charge is 0.443 e. The Bertz CT molecular complexity index is 1020. The van der Waals surface area contributed by atoms with Crippen LogP contribution in [-0.4, -0.2) is 29.0 Å². The van der Waals surface area contributed by atoms with E-state index in [0.29, 0.717) is 12.3 Å². The van der Waals surface area contributed by atoms with E-state index in [-0.39, 0.29) is 11.8 Å². The maximum atomic E-state index is 12.9. The zero-order valence-corrected chi connectivity index (χ0v) is 16.9. The average Bonchev–Trinajstić information content (AvgIpc) is 2.95. The molecule has 4 rings (SSSR count). The first-order chi connectivity index (χ1) is 13.4. The molecule has 2 aromatic heterocycles. The van der Waals surface area contributed by atoms with Crippen molar-refractivity contribution in [2.24, 2.45) is 5.92 Å². The molecule has 1 aliphatic rings. The second-order valence-corrected chi connectivity index (χ2v) is 7.81. The fraction of sp³-hybridized carbons (Fsp3) is 0.409. The third kappa shape index (κ3) is 3.46. The number of nitrogens with one attached hydrogen (secondary N) is 1. The highest BCUT2D eigenvalue weighted by Crippen LogP contribution is 2.32. The van der Waals surface area contributed by atoms with Crippen LogP contribution in [0.4, 0.5) is 11.5 Å². The standard InChI is InChI=1S/C22H26N4O2/c1-13-8-14(2)10-18(9-13)25-21(27)17-6-5-7-26(11-17)20-19-15(3)16(4)28-22(19)24-12-23-20/h8-10,12,17H,5-7,11H2,1-4H3,(H,25,27)/t17-/m1/s1. The van der Waals surface area contributed by atoms with Gasteiger partial charge in [-0.25, -0.2) is 9.97 Å². The summed E-state index contributed by atoms with van der Waals surface area (Å²) in [6, 6.07) is 6.13. The van der Waals surface area contributed by atoms with Gasteiger partial charge in [0.25, 0.3) is 0 Å². The van der Waals surface area contributed by atoms with Crippen molar-refractivity contribution < 1.29 is 9.21 Å². The number of carbonyl (C=O) groups excluding carboxylic acids is 1. The Morgan fingerprint density at radius 2 is 1.89 bits per heavy atom. The zero-order valence-electron chi connectivity index (χ0n) is 16.9. The summed E-state index contributed by atoms with van der Waals surface area (Å²) in [6.07, 6.45) is 3.37. The number of piperidine rings is 1. The molecule has 6 heteroatoms. The van der Waals surface area contributed by atoms with Crippen molar-refractivity contribution in [1.82, 2.24) is 9.97 Å². The van der Waals surface area contributed by atoms with Crippen LogP contribution in [0.15, 0.2) is 28.9 Å². The lowest BCUT2D eigenvalue weighted by Gasteiger charge is -2.33. The average molecular weight is 378 g/mol. The van der Waals surface area contributed by atoms with Crippen LogP contribution in [0.25, 0.3) is 11.1 Å². The molecule has 1 aliphatic heterocycles. The minimum Gasteiger partial charge on any atom is -0.443 e. The summed E-state index contributed by atoms with van der Waals surface area (Å²) >= 11 is 0. The summed E-state index contributed by atoms with van der Waals surface area (Å²) < 4.78 is 5.75. The van der Waals surface area contributed by atoms with Crippen LogP contribution >= 0.6 is 0 Å². The summed E-state index contributed by atoms with van der Waals surface area (Å²) in [5.74, 6) is 1.72. The summed E-state index contributed by atoms with van der Waals surface area (Å²) in [7, 11) is 0. The number of amides is 1. The molecule has 3 heterocycles. The van der Waals surface area contributed by atoms with Gasteiger partial charge in [0.05, 0.1) is 11.3 Å². The monoisotopic (exact) mass is 378 g/mol. The topological polar surface area (TPSA) is 71.3 Å². The number of fused-ring (bicyclic) bond motifs is 1. The highest BCUT2D eigenvalue weighted by molar-refractivity contribution is 5.94. The van der Waals surface area contributed by atoms with E-state index in [2.05, 4.69) is 26.3 Å². The predicted molar refractivity (Wildman–Crippen MR) is 111 cm³/mol. The number of benzene rings is 1. The minimum atomic E-state index is -0.0760. The van der Waals surface area contributed by atoms with Gasteiger partial charge in [-0.15, -0.1) is 0 Å². The van der Waals surface area contributed by atoms with E-state index in [9.17, 15) is 4.79 Å².